The van der Waals surface area contributed by atoms with Gasteiger partial charge in [0.05, 0.1) is 46.7 Å². The topological polar surface area (TPSA) is 81.9 Å². The van der Waals surface area contributed by atoms with E-state index in [1.54, 1.807) is 18.0 Å². The SMILES string of the molecule is COc1ccc(-n2nc(C)c3c(Cl)c(C(=O)NCc4ccccn4)cnc32)cc1. The lowest BCUT2D eigenvalue weighted by atomic mass is 10.2. The molecule has 0 atom stereocenters. The van der Waals surface area contributed by atoms with Crippen LogP contribution in [0.15, 0.2) is 54.9 Å². The summed E-state index contributed by atoms with van der Waals surface area (Å²) < 4.78 is 6.90. The Bertz CT molecular complexity index is 1170. The molecule has 4 rings (SSSR count). The molecule has 0 bridgehead atoms. The Morgan fingerprint density at radius 1 is 1.17 bits per heavy atom. The fourth-order valence-electron chi connectivity index (χ4n) is 3.04. The van der Waals surface area contributed by atoms with Crippen molar-refractivity contribution in [2.24, 2.45) is 0 Å². The number of methoxy groups -OCH3 is 1. The van der Waals surface area contributed by atoms with Crippen molar-refractivity contribution in [3.8, 4) is 11.4 Å². The van der Waals surface area contributed by atoms with Crippen LogP contribution in [0.1, 0.15) is 21.7 Å². The number of pyridine rings is 2. The number of rotatable bonds is 5. The molecule has 0 radical (unpaired) electrons. The molecule has 1 amide bonds. The van der Waals surface area contributed by atoms with E-state index in [1.165, 1.54) is 6.20 Å². The molecule has 3 aromatic heterocycles. The first-order valence-corrected chi connectivity index (χ1v) is 9.32. The predicted octanol–water partition coefficient (Wildman–Crippen LogP) is 3.72. The summed E-state index contributed by atoms with van der Waals surface area (Å²) in [6.45, 7) is 2.14. The van der Waals surface area contributed by atoms with E-state index in [0.717, 1.165) is 17.1 Å². The van der Waals surface area contributed by atoms with Gasteiger partial charge < -0.3 is 10.1 Å². The van der Waals surface area contributed by atoms with Crippen molar-refractivity contribution in [2.75, 3.05) is 7.11 Å². The van der Waals surface area contributed by atoms with Gasteiger partial charge in [-0.15, -0.1) is 0 Å². The van der Waals surface area contributed by atoms with Crippen LogP contribution in [0, 0.1) is 6.92 Å². The first-order chi connectivity index (χ1) is 14.1. The van der Waals surface area contributed by atoms with Crippen molar-refractivity contribution in [1.29, 1.82) is 0 Å². The molecule has 1 aromatic carbocycles. The van der Waals surface area contributed by atoms with Gasteiger partial charge in [-0.25, -0.2) is 9.67 Å². The third kappa shape index (κ3) is 3.64. The summed E-state index contributed by atoms with van der Waals surface area (Å²) in [5.41, 5.74) is 3.15. The molecule has 0 fully saturated rings. The molecule has 1 N–H and O–H groups in total. The fraction of sp³-hybridized carbons (Fsp3) is 0.143. The molecule has 0 saturated heterocycles. The fourth-order valence-corrected chi connectivity index (χ4v) is 3.39. The molecule has 0 unspecified atom stereocenters. The summed E-state index contributed by atoms with van der Waals surface area (Å²) in [5.74, 6) is 0.437. The Morgan fingerprint density at radius 2 is 1.97 bits per heavy atom. The van der Waals surface area contributed by atoms with E-state index >= 15 is 0 Å². The van der Waals surface area contributed by atoms with Crippen LogP contribution >= 0.6 is 11.6 Å². The van der Waals surface area contributed by atoms with Crippen LogP contribution in [0.4, 0.5) is 0 Å². The van der Waals surface area contributed by atoms with Gasteiger partial charge in [-0.3, -0.25) is 9.78 Å². The highest BCUT2D eigenvalue weighted by Gasteiger charge is 2.20. The van der Waals surface area contributed by atoms with E-state index in [4.69, 9.17) is 16.3 Å². The molecule has 0 aliphatic carbocycles. The minimum absolute atomic E-state index is 0.299. The van der Waals surface area contributed by atoms with Crippen molar-refractivity contribution in [3.63, 3.8) is 0 Å². The number of carbonyl (C=O) groups excluding carboxylic acids is 1. The molecule has 0 aliphatic rings. The average molecular weight is 408 g/mol. The number of ether oxygens (including phenoxy) is 1. The second-order valence-corrected chi connectivity index (χ2v) is 6.76. The third-order valence-corrected chi connectivity index (χ3v) is 4.92. The smallest absolute Gasteiger partial charge is 0.254 e. The van der Waals surface area contributed by atoms with Gasteiger partial charge in [-0.05, 0) is 43.3 Å². The summed E-state index contributed by atoms with van der Waals surface area (Å²) >= 11 is 6.58. The minimum Gasteiger partial charge on any atom is -0.497 e. The van der Waals surface area contributed by atoms with Gasteiger partial charge in [0, 0.05) is 12.4 Å². The molecule has 29 heavy (non-hydrogen) atoms. The molecule has 0 saturated carbocycles. The van der Waals surface area contributed by atoms with Crippen molar-refractivity contribution in [2.45, 2.75) is 13.5 Å². The van der Waals surface area contributed by atoms with Crippen molar-refractivity contribution < 1.29 is 9.53 Å². The van der Waals surface area contributed by atoms with Gasteiger partial charge >= 0.3 is 0 Å². The standard InChI is InChI=1S/C21H18ClN5O2/c1-13-18-19(22)17(21(28)25-11-14-5-3-4-10-23-14)12-24-20(18)27(26-13)15-6-8-16(29-2)9-7-15/h3-10,12H,11H2,1-2H3,(H,25,28). The number of nitrogens with zero attached hydrogens (tertiary/aromatic N) is 4. The Labute approximate surface area is 172 Å². The van der Waals surface area contributed by atoms with Crippen LogP contribution in [-0.4, -0.2) is 32.8 Å². The van der Waals surface area contributed by atoms with E-state index in [1.807, 2.05) is 49.4 Å². The molecular formula is C21H18ClN5O2. The lowest BCUT2D eigenvalue weighted by molar-refractivity contribution is 0.0950. The number of hydrogen-bond donors (Lipinski definition) is 1. The Kier molecular flexibility index (Phi) is 5.14. The van der Waals surface area contributed by atoms with Crippen LogP contribution in [0.5, 0.6) is 5.75 Å². The van der Waals surface area contributed by atoms with E-state index in [-0.39, 0.29) is 5.91 Å². The van der Waals surface area contributed by atoms with Gasteiger partial charge in [0.15, 0.2) is 5.65 Å². The lowest BCUT2D eigenvalue weighted by Crippen LogP contribution is -2.23. The van der Waals surface area contributed by atoms with Crippen LogP contribution in [0.3, 0.4) is 0 Å². The molecule has 146 valence electrons. The maximum absolute atomic E-state index is 12.6. The number of amides is 1. The summed E-state index contributed by atoms with van der Waals surface area (Å²) in [5, 5.41) is 8.35. The molecule has 0 aliphatic heterocycles. The van der Waals surface area contributed by atoms with Gasteiger partial charge in [0.2, 0.25) is 0 Å². The third-order valence-electron chi connectivity index (χ3n) is 4.53. The summed E-state index contributed by atoms with van der Waals surface area (Å²) in [4.78, 5) is 21.3. The zero-order chi connectivity index (χ0) is 20.4. The first kappa shape index (κ1) is 18.9. The number of aromatic nitrogens is 4. The Morgan fingerprint density at radius 3 is 2.66 bits per heavy atom. The van der Waals surface area contributed by atoms with Gasteiger partial charge in [-0.1, -0.05) is 17.7 Å². The highest BCUT2D eigenvalue weighted by Crippen LogP contribution is 2.30. The second-order valence-electron chi connectivity index (χ2n) is 6.38. The van der Waals surface area contributed by atoms with Gasteiger partial charge in [-0.2, -0.15) is 5.10 Å². The largest absolute Gasteiger partial charge is 0.497 e. The number of fused-ring (bicyclic) bond motifs is 1. The minimum atomic E-state index is -0.313. The molecule has 8 heteroatoms. The van der Waals surface area contributed by atoms with Gasteiger partial charge in [0.1, 0.15) is 5.75 Å². The van der Waals surface area contributed by atoms with Crippen molar-refractivity contribution >= 4 is 28.5 Å². The molecule has 0 spiro atoms. The second kappa shape index (κ2) is 7.89. The Hall–Kier alpha value is -3.45. The van der Waals surface area contributed by atoms with E-state index < -0.39 is 0 Å². The van der Waals surface area contributed by atoms with Crippen molar-refractivity contribution in [1.82, 2.24) is 25.1 Å². The van der Waals surface area contributed by atoms with Crippen molar-refractivity contribution in [3.05, 3.63) is 76.8 Å². The number of nitrogens with one attached hydrogen (secondary N) is 1. The zero-order valence-corrected chi connectivity index (χ0v) is 16.6. The summed E-state index contributed by atoms with van der Waals surface area (Å²) in [7, 11) is 1.62. The molecule has 3 heterocycles. The normalized spacial score (nSPS) is 10.9. The number of hydrogen-bond acceptors (Lipinski definition) is 5. The summed E-state index contributed by atoms with van der Waals surface area (Å²) in [6.07, 6.45) is 3.15. The maximum Gasteiger partial charge on any atom is 0.254 e. The number of carbonyl (C=O) groups is 1. The van der Waals surface area contributed by atoms with E-state index in [0.29, 0.717) is 33.9 Å². The molecule has 4 aromatic rings. The number of aryl methyl sites for hydroxylation is 1. The average Bonchev–Trinajstić information content (AvgIpc) is 3.10. The molecule has 7 nitrogen and oxygen atoms in total. The monoisotopic (exact) mass is 407 g/mol. The van der Waals surface area contributed by atoms with Crippen LogP contribution in [0.2, 0.25) is 5.02 Å². The molecular weight excluding hydrogens is 390 g/mol. The Balaban J connectivity index is 1.67. The maximum atomic E-state index is 12.6. The predicted molar refractivity (Wildman–Crippen MR) is 111 cm³/mol. The number of halogens is 1. The van der Waals surface area contributed by atoms with Crippen LogP contribution < -0.4 is 10.1 Å². The van der Waals surface area contributed by atoms with Gasteiger partial charge in [0.25, 0.3) is 5.91 Å². The zero-order valence-electron chi connectivity index (χ0n) is 15.9. The quantitative estimate of drug-likeness (QED) is 0.545. The summed E-state index contributed by atoms with van der Waals surface area (Å²) in [6, 6.07) is 13.0. The highest BCUT2D eigenvalue weighted by molar-refractivity contribution is 6.38. The number of benzene rings is 1. The highest BCUT2D eigenvalue weighted by atomic mass is 35.5. The van der Waals surface area contributed by atoms with Crippen LogP contribution in [0.25, 0.3) is 16.7 Å². The van der Waals surface area contributed by atoms with Crippen LogP contribution in [-0.2, 0) is 6.54 Å². The first-order valence-electron chi connectivity index (χ1n) is 8.95. The van der Waals surface area contributed by atoms with E-state index in [9.17, 15) is 4.79 Å². The van der Waals surface area contributed by atoms with E-state index in [2.05, 4.69) is 20.4 Å². The lowest BCUT2D eigenvalue weighted by Gasteiger charge is -2.08.